The minimum absolute atomic E-state index is 0.0522. The van der Waals surface area contributed by atoms with Crippen molar-refractivity contribution in [2.24, 2.45) is 0 Å². The highest BCUT2D eigenvalue weighted by molar-refractivity contribution is 6.29. The Bertz CT molecular complexity index is 689. The van der Waals surface area contributed by atoms with Gasteiger partial charge in [0.05, 0.1) is 10.5 Å². The molecule has 0 atom stereocenters. The van der Waals surface area contributed by atoms with Crippen LogP contribution in [0.5, 0.6) is 11.6 Å². The fourth-order valence-corrected chi connectivity index (χ4v) is 1.66. The summed E-state index contributed by atoms with van der Waals surface area (Å²) in [4.78, 5) is 24.9. The average molecular weight is 295 g/mol. The summed E-state index contributed by atoms with van der Waals surface area (Å²) < 4.78 is 5.24. The second kappa shape index (κ2) is 5.54. The van der Waals surface area contributed by atoms with E-state index in [9.17, 15) is 14.9 Å². The molecule has 1 N–H and O–H groups in total. The molecular weight excluding hydrogens is 288 g/mol. The lowest BCUT2D eigenvalue weighted by Gasteiger charge is -2.06. The molecule has 1 aromatic heterocycles. The monoisotopic (exact) mass is 294 g/mol. The van der Waals surface area contributed by atoms with Crippen LogP contribution in [0, 0.1) is 10.1 Å². The zero-order valence-electron chi connectivity index (χ0n) is 9.82. The van der Waals surface area contributed by atoms with E-state index in [1.54, 1.807) is 6.07 Å². The molecule has 2 rings (SSSR count). The van der Waals surface area contributed by atoms with Gasteiger partial charge in [-0.25, -0.2) is 9.78 Å². The number of aromatic nitrogens is 1. The van der Waals surface area contributed by atoms with Gasteiger partial charge < -0.3 is 9.84 Å². The first-order valence-corrected chi connectivity index (χ1v) is 5.67. The number of nitrogens with zero attached hydrogens (tertiary/aromatic N) is 2. The SMILES string of the molecule is O=C(O)c1cc(Cl)nc(Oc2ccccc2[N+](=O)[O-])c1. The molecule has 7 nitrogen and oxygen atoms in total. The summed E-state index contributed by atoms with van der Waals surface area (Å²) in [5.74, 6) is -1.39. The molecule has 2 aromatic rings. The standard InChI is InChI=1S/C12H7ClN2O5/c13-10-5-7(12(16)17)6-11(14-10)20-9-4-2-1-3-8(9)15(18)19/h1-6H,(H,16,17). The van der Waals surface area contributed by atoms with Crippen LogP contribution in [0.1, 0.15) is 10.4 Å². The third-order valence-electron chi connectivity index (χ3n) is 2.29. The maximum absolute atomic E-state index is 10.9. The molecule has 1 aromatic carbocycles. The first-order valence-electron chi connectivity index (χ1n) is 5.29. The van der Waals surface area contributed by atoms with Gasteiger partial charge in [-0.3, -0.25) is 10.1 Å². The molecule has 0 unspecified atom stereocenters. The normalized spacial score (nSPS) is 10.1. The molecule has 0 aliphatic carbocycles. The molecule has 8 heteroatoms. The van der Waals surface area contributed by atoms with Crippen LogP contribution in [0.25, 0.3) is 0 Å². The highest BCUT2D eigenvalue weighted by atomic mass is 35.5. The van der Waals surface area contributed by atoms with Crippen molar-refractivity contribution in [2.45, 2.75) is 0 Å². The van der Waals surface area contributed by atoms with Gasteiger partial charge in [0.1, 0.15) is 5.15 Å². The average Bonchev–Trinajstić information content (AvgIpc) is 2.38. The van der Waals surface area contributed by atoms with Crippen molar-refractivity contribution >= 4 is 23.3 Å². The Balaban J connectivity index is 2.40. The summed E-state index contributed by atoms with van der Waals surface area (Å²) in [6.07, 6.45) is 0. The number of rotatable bonds is 4. The Morgan fingerprint density at radius 3 is 2.70 bits per heavy atom. The number of hydrogen-bond donors (Lipinski definition) is 1. The van der Waals surface area contributed by atoms with E-state index in [2.05, 4.69) is 4.98 Å². The van der Waals surface area contributed by atoms with Crippen molar-refractivity contribution in [3.63, 3.8) is 0 Å². The van der Waals surface area contributed by atoms with E-state index in [-0.39, 0.29) is 28.0 Å². The van der Waals surface area contributed by atoms with Crippen molar-refractivity contribution in [2.75, 3.05) is 0 Å². The van der Waals surface area contributed by atoms with Gasteiger partial charge in [0.15, 0.2) is 0 Å². The smallest absolute Gasteiger partial charge is 0.335 e. The van der Waals surface area contributed by atoms with E-state index in [1.165, 1.54) is 18.2 Å². The van der Waals surface area contributed by atoms with Crippen LogP contribution < -0.4 is 4.74 Å². The van der Waals surface area contributed by atoms with Crippen LogP contribution in [0.15, 0.2) is 36.4 Å². The largest absolute Gasteiger partial charge is 0.478 e. The highest BCUT2D eigenvalue weighted by Gasteiger charge is 2.16. The zero-order valence-corrected chi connectivity index (χ0v) is 10.6. The third-order valence-corrected chi connectivity index (χ3v) is 2.49. The van der Waals surface area contributed by atoms with Crippen molar-refractivity contribution in [1.82, 2.24) is 4.98 Å². The minimum Gasteiger partial charge on any atom is -0.478 e. The van der Waals surface area contributed by atoms with E-state index >= 15 is 0 Å². The van der Waals surface area contributed by atoms with Gasteiger partial charge in [-0.15, -0.1) is 0 Å². The highest BCUT2D eigenvalue weighted by Crippen LogP contribution is 2.30. The summed E-state index contributed by atoms with van der Waals surface area (Å²) in [6, 6.07) is 7.95. The molecule has 0 bridgehead atoms. The number of nitro benzene ring substituents is 1. The second-order valence-corrected chi connectivity index (χ2v) is 4.04. The van der Waals surface area contributed by atoms with Crippen molar-refractivity contribution in [3.8, 4) is 11.6 Å². The summed E-state index contributed by atoms with van der Waals surface area (Å²) >= 11 is 5.67. The molecule has 0 fully saturated rings. The maximum atomic E-state index is 10.9. The number of hydrogen-bond acceptors (Lipinski definition) is 5. The van der Waals surface area contributed by atoms with Gasteiger partial charge in [0.2, 0.25) is 11.6 Å². The molecule has 0 saturated carbocycles. The number of halogens is 1. The van der Waals surface area contributed by atoms with Gasteiger partial charge in [-0.1, -0.05) is 23.7 Å². The van der Waals surface area contributed by atoms with E-state index in [1.807, 2.05) is 0 Å². The summed E-state index contributed by atoms with van der Waals surface area (Å²) in [5, 5.41) is 19.6. The van der Waals surface area contributed by atoms with Crippen LogP contribution in [-0.4, -0.2) is 21.0 Å². The van der Waals surface area contributed by atoms with Crippen LogP contribution in [0.2, 0.25) is 5.15 Å². The zero-order chi connectivity index (χ0) is 14.7. The van der Waals surface area contributed by atoms with Gasteiger partial charge in [-0.05, 0) is 12.1 Å². The maximum Gasteiger partial charge on any atom is 0.335 e. The Morgan fingerprint density at radius 1 is 1.35 bits per heavy atom. The van der Waals surface area contributed by atoms with Crippen LogP contribution in [0.3, 0.4) is 0 Å². The van der Waals surface area contributed by atoms with Crippen molar-refractivity contribution in [1.29, 1.82) is 0 Å². The molecular formula is C12H7ClN2O5. The topological polar surface area (TPSA) is 103 Å². The summed E-state index contributed by atoms with van der Waals surface area (Å²) in [7, 11) is 0. The fraction of sp³-hybridized carbons (Fsp3) is 0. The molecule has 102 valence electrons. The molecule has 1 heterocycles. The van der Waals surface area contributed by atoms with Gasteiger partial charge in [-0.2, -0.15) is 0 Å². The molecule has 0 amide bonds. The molecule has 20 heavy (non-hydrogen) atoms. The summed E-state index contributed by atoms with van der Waals surface area (Å²) in [6.45, 7) is 0. The van der Waals surface area contributed by atoms with E-state index in [0.29, 0.717) is 0 Å². The Hall–Kier alpha value is -2.67. The second-order valence-electron chi connectivity index (χ2n) is 3.65. The number of carboxylic acid groups (broad SMARTS) is 1. The summed E-state index contributed by atoms with van der Waals surface area (Å²) in [5.41, 5.74) is -0.385. The lowest BCUT2D eigenvalue weighted by atomic mass is 10.2. The number of benzene rings is 1. The molecule has 0 aliphatic rings. The molecule has 0 spiro atoms. The van der Waals surface area contributed by atoms with Crippen molar-refractivity contribution < 1.29 is 19.6 Å². The van der Waals surface area contributed by atoms with E-state index in [4.69, 9.17) is 21.4 Å². The number of nitro groups is 1. The lowest BCUT2D eigenvalue weighted by Crippen LogP contribution is -1.99. The number of para-hydroxylation sites is 2. The molecule has 0 saturated heterocycles. The molecule has 0 radical (unpaired) electrons. The Kier molecular flexibility index (Phi) is 3.81. The first-order chi connectivity index (χ1) is 9.47. The predicted molar refractivity (Wildman–Crippen MR) is 69.4 cm³/mol. The third kappa shape index (κ3) is 3.01. The predicted octanol–water partition coefficient (Wildman–Crippen LogP) is 3.13. The fourth-order valence-electron chi connectivity index (χ4n) is 1.46. The van der Waals surface area contributed by atoms with Gasteiger partial charge in [0.25, 0.3) is 0 Å². The number of aromatic carboxylic acids is 1. The number of pyridine rings is 1. The Labute approximate surface area is 117 Å². The van der Waals surface area contributed by atoms with Crippen LogP contribution >= 0.6 is 11.6 Å². The van der Waals surface area contributed by atoms with E-state index in [0.717, 1.165) is 12.1 Å². The molecule has 0 aliphatic heterocycles. The number of carbonyl (C=O) groups is 1. The number of ether oxygens (including phenoxy) is 1. The number of carboxylic acids is 1. The quantitative estimate of drug-likeness (QED) is 0.528. The first kappa shape index (κ1) is 13.8. The van der Waals surface area contributed by atoms with E-state index < -0.39 is 10.9 Å². The van der Waals surface area contributed by atoms with Gasteiger partial charge in [0, 0.05) is 12.1 Å². The van der Waals surface area contributed by atoms with Crippen molar-refractivity contribution in [3.05, 3.63) is 57.2 Å². The van der Waals surface area contributed by atoms with Crippen LogP contribution in [-0.2, 0) is 0 Å². The Morgan fingerprint density at radius 2 is 2.05 bits per heavy atom. The van der Waals surface area contributed by atoms with Crippen LogP contribution in [0.4, 0.5) is 5.69 Å². The van der Waals surface area contributed by atoms with Gasteiger partial charge >= 0.3 is 11.7 Å². The lowest BCUT2D eigenvalue weighted by molar-refractivity contribution is -0.385. The minimum atomic E-state index is -1.21.